The third kappa shape index (κ3) is 2.84. The van der Waals surface area contributed by atoms with E-state index in [2.05, 4.69) is 39.6 Å². The number of rotatable bonds is 4. The number of anilines is 1. The van der Waals surface area contributed by atoms with Crippen molar-refractivity contribution in [2.24, 2.45) is 5.84 Å². The van der Waals surface area contributed by atoms with Gasteiger partial charge >= 0.3 is 0 Å². The quantitative estimate of drug-likeness (QED) is 0.555. The second-order valence-electron chi connectivity index (χ2n) is 6.26. The first kappa shape index (κ1) is 16.3. The molecule has 1 aliphatic rings. The molecule has 130 valence electrons. The molecular formula is C18H21N5OS. The maximum Gasteiger partial charge on any atom is 0.263 e. The van der Waals surface area contributed by atoms with Crippen LogP contribution in [0.4, 0.5) is 5.95 Å². The molecule has 3 N–H and O–H groups in total. The van der Waals surface area contributed by atoms with Crippen molar-refractivity contribution in [1.82, 2.24) is 14.5 Å². The summed E-state index contributed by atoms with van der Waals surface area (Å²) in [7, 11) is 0. The lowest BCUT2D eigenvalue weighted by Gasteiger charge is -2.26. The summed E-state index contributed by atoms with van der Waals surface area (Å²) in [5, 5.41) is 0.778. The van der Waals surface area contributed by atoms with Crippen LogP contribution in [0.25, 0.3) is 10.2 Å². The molecule has 6 nitrogen and oxygen atoms in total. The van der Waals surface area contributed by atoms with Crippen molar-refractivity contribution in [3.63, 3.8) is 0 Å². The highest BCUT2D eigenvalue weighted by Gasteiger charge is 2.24. The van der Waals surface area contributed by atoms with E-state index in [0.29, 0.717) is 12.5 Å². The largest absolute Gasteiger partial charge is 0.294 e. The molecule has 0 saturated carbocycles. The van der Waals surface area contributed by atoms with E-state index < -0.39 is 0 Å². The molecule has 0 unspecified atom stereocenters. The van der Waals surface area contributed by atoms with Gasteiger partial charge < -0.3 is 0 Å². The number of aromatic nitrogens is 2. The number of hydrogen-bond donors (Lipinski definition) is 2. The smallest absolute Gasteiger partial charge is 0.263 e. The van der Waals surface area contributed by atoms with Crippen LogP contribution in [0.3, 0.4) is 0 Å². The molecule has 0 aliphatic carbocycles. The fourth-order valence-electron chi connectivity index (χ4n) is 3.51. The Labute approximate surface area is 149 Å². The average molecular weight is 355 g/mol. The number of hydrogen-bond acceptors (Lipinski definition) is 6. The monoisotopic (exact) mass is 355 g/mol. The molecule has 0 amide bonds. The Kier molecular flexibility index (Phi) is 4.29. The van der Waals surface area contributed by atoms with E-state index in [4.69, 9.17) is 5.84 Å². The number of nitrogens with zero attached hydrogens (tertiary/aromatic N) is 3. The Morgan fingerprint density at radius 3 is 2.84 bits per heavy atom. The Morgan fingerprint density at radius 2 is 2.12 bits per heavy atom. The Hall–Kier alpha value is -2.22. The lowest BCUT2D eigenvalue weighted by Crippen LogP contribution is -2.30. The van der Waals surface area contributed by atoms with Crippen molar-refractivity contribution in [2.45, 2.75) is 33.0 Å². The molecule has 3 aromatic rings. The van der Waals surface area contributed by atoms with Crippen LogP contribution in [0.1, 0.15) is 22.9 Å². The summed E-state index contributed by atoms with van der Waals surface area (Å²) in [4.78, 5) is 21.9. The molecular weight excluding hydrogens is 334 g/mol. The second kappa shape index (κ2) is 6.59. The van der Waals surface area contributed by atoms with E-state index in [0.717, 1.165) is 36.3 Å². The van der Waals surface area contributed by atoms with E-state index >= 15 is 0 Å². The summed E-state index contributed by atoms with van der Waals surface area (Å²) in [6, 6.07) is 10.5. The van der Waals surface area contributed by atoms with Crippen molar-refractivity contribution in [3.05, 3.63) is 56.7 Å². The lowest BCUT2D eigenvalue weighted by molar-refractivity contribution is 0.249. The van der Waals surface area contributed by atoms with Crippen LogP contribution in [0.2, 0.25) is 0 Å². The van der Waals surface area contributed by atoms with Gasteiger partial charge in [-0.2, -0.15) is 0 Å². The summed E-state index contributed by atoms with van der Waals surface area (Å²) < 4.78 is 1.60. The standard InChI is InChI=1S/C18H21N5OS/c1-2-23-17(24)15-13-8-9-22(10-12-6-4-3-5-7-12)11-14(13)25-16(15)20-18(23)21-19/h3-7H,2,8-11,19H2,1H3,(H,20,21). The molecule has 25 heavy (non-hydrogen) atoms. The van der Waals surface area contributed by atoms with Gasteiger partial charge in [0.15, 0.2) is 0 Å². The number of benzene rings is 1. The topological polar surface area (TPSA) is 76.2 Å². The predicted octanol–water partition coefficient (Wildman–Crippen LogP) is 2.32. The van der Waals surface area contributed by atoms with Crippen LogP contribution in [-0.2, 0) is 26.1 Å². The molecule has 0 atom stereocenters. The lowest BCUT2D eigenvalue weighted by atomic mass is 10.0. The summed E-state index contributed by atoms with van der Waals surface area (Å²) in [6.45, 7) is 5.22. The number of hydrazine groups is 1. The molecule has 0 fully saturated rings. The van der Waals surface area contributed by atoms with Gasteiger partial charge in [-0.05, 0) is 24.5 Å². The second-order valence-corrected chi connectivity index (χ2v) is 7.34. The fraction of sp³-hybridized carbons (Fsp3) is 0.333. The van der Waals surface area contributed by atoms with Crippen LogP contribution in [0.15, 0.2) is 35.1 Å². The molecule has 1 aromatic carbocycles. The van der Waals surface area contributed by atoms with Crippen LogP contribution >= 0.6 is 11.3 Å². The van der Waals surface area contributed by atoms with Crippen LogP contribution in [0.5, 0.6) is 0 Å². The molecule has 0 spiro atoms. The van der Waals surface area contributed by atoms with E-state index in [1.54, 1.807) is 15.9 Å². The van der Waals surface area contributed by atoms with E-state index in [9.17, 15) is 4.79 Å². The highest BCUT2D eigenvalue weighted by Crippen LogP contribution is 2.33. The van der Waals surface area contributed by atoms with E-state index in [-0.39, 0.29) is 5.56 Å². The van der Waals surface area contributed by atoms with Crippen molar-refractivity contribution in [2.75, 3.05) is 12.0 Å². The minimum absolute atomic E-state index is 0.00876. The van der Waals surface area contributed by atoms with Crippen LogP contribution in [-0.4, -0.2) is 21.0 Å². The zero-order valence-corrected chi connectivity index (χ0v) is 15.0. The van der Waals surface area contributed by atoms with Gasteiger partial charge in [-0.15, -0.1) is 11.3 Å². The van der Waals surface area contributed by atoms with Gasteiger partial charge in [0, 0.05) is 31.1 Å². The van der Waals surface area contributed by atoms with E-state index in [1.165, 1.54) is 16.0 Å². The maximum atomic E-state index is 12.9. The fourth-order valence-corrected chi connectivity index (χ4v) is 4.76. The molecule has 0 radical (unpaired) electrons. The highest BCUT2D eigenvalue weighted by atomic mass is 32.1. The van der Waals surface area contributed by atoms with Crippen molar-refractivity contribution >= 4 is 27.5 Å². The zero-order chi connectivity index (χ0) is 17.4. The first-order valence-electron chi connectivity index (χ1n) is 8.49. The molecule has 1 aliphatic heterocycles. The molecule has 3 heterocycles. The van der Waals surface area contributed by atoms with Crippen molar-refractivity contribution < 1.29 is 0 Å². The summed E-state index contributed by atoms with van der Waals surface area (Å²) in [5.74, 6) is 5.97. The molecule has 0 bridgehead atoms. The number of thiophene rings is 1. The van der Waals surface area contributed by atoms with Gasteiger partial charge in [-0.3, -0.25) is 19.7 Å². The van der Waals surface area contributed by atoms with Crippen molar-refractivity contribution in [1.29, 1.82) is 0 Å². The third-order valence-corrected chi connectivity index (χ3v) is 5.84. The number of fused-ring (bicyclic) bond motifs is 3. The Morgan fingerprint density at radius 1 is 1.32 bits per heavy atom. The Balaban J connectivity index is 1.71. The summed E-state index contributed by atoms with van der Waals surface area (Å²) in [6.07, 6.45) is 0.887. The van der Waals surface area contributed by atoms with Gasteiger partial charge in [0.1, 0.15) is 4.83 Å². The minimum atomic E-state index is 0.00876. The van der Waals surface area contributed by atoms with Gasteiger partial charge in [-0.1, -0.05) is 30.3 Å². The average Bonchev–Trinajstić information content (AvgIpc) is 3.00. The molecule has 7 heteroatoms. The summed E-state index contributed by atoms with van der Waals surface area (Å²) >= 11 is 1.62. The van der Waals surface area contributed by atoms with E-state index in [1.807, 2.05) is 13.0 Å². The highest BCUT2D eigenvalue weighted by molar-refractivity contribution is 7.18. The van der Waals surface area contributed by atoms with Crippen molar-refractivity contribution in [3.8, 4) is 0 Å². The van der Waals surface area contributed by atoms with Gasteiger partial charge in [-0.25, -0.2) is 10.8 Å². The SMILES string of the molecule is CCn1c(NN)nc2sc3c(c2c1=O)CCN(Cc1ccccc1)C3. The molecule has 2 aromatic heterocycles. The van der Waals surface area contributed by atoms with Gasteiger partial charge in [0.25, 0.3) is 5.56 Å². The third-order valence-electron chi connectivity index (χ3n) is 4.73. The molecule has 0 saturated heterocycles. The Bertz CT molecular complexity index is 963. The minimum Gasteiger partial charge on any atom is -0.294 e. The first-order chi connectivity index (χ1) is 12.2. The molecule has 4 rings (SSSR count). The van der Waals surface area contributed by atoms with Gasteiger partial charge in [0.2, 0.25) is 5.95 Å². The van der Waals surface area contributed by atoms with Gasteiger partial charge in [0.05, 0.1) is 5.39 Å². The van der Waals surface area contributed by atoms with Crippen LogP contribution < -0.4 is 16.8 Å². The van der Waals surface area contributed by atoms with Crippen LogP contribution in [0, 0.1) is 0 Å². The number of nitrogen functional groups attached to an aromatic ring is 1. The summed E-state index contributed by atoms with van der Waals surface area (Å²) in [5.41, 5.74) is 5.04. The number of nitrogens with two attached hydrogens (primary N) is 1. The first-order valence-corrected chi connectivity index (χ1v) is 9.31. The zero-order valence-electron chi connectivity index (χ0n) is 14.2. The predicted molar refractivity (Wildman–Crippen MR) is 102 cm³/mol. The number of nitrogens with one attached hydrogen (secondary N) is 1. The maximum absolute atomic E-state index is 12.9. The normalized spacial score (nSPS) is 14.6.